The van der Waals surface area contributed by atoms with Crippen molar-refractivity contribution in [3.8, 4) is 5.75 Å². The van der Waals surface area contributed by atoms with E-state index in [0.717, 1.165) is 63.3 Å². The quantitative estimate of drug-likeness (QED) is 0.756. The zero-order chi connectivity index (χ0) is 17.2. The average molecular weight is 363 g/mol. The minimum Gasteiger partial charge on any atom is -0.506 e. The number of piperidine rings is 1. The molecule has 2 aliphatic carbocycles. The molecule has 0 aromatic heterocycles. The van der Waals surface area contributed by atoms with E-state index in [1.807, 2.05) is 12.1 Å². The van der Waals surface area contributed by atoms with Gasteiger partial charge in [-0.3, -0.25) is 4.90 Å². The SMILES string of the molecule is Oc1cc2c(cc1Cl)C[C@H]1N(CC3CC3)CC[C@@]23CCNCC[C@@]13O. The number of benzene rings is 1. The molecule has 1 aromatic carbocycles. The Bertz CT molecular complexity index is 707. The third-order valence-corrected chi connectivity index (χ3v) is 7.65. The van der Waals surface area contributed by atoms with Crippen molar-refractivity contribution in [2.24, 2.45) is 5.92 Å². The Morgan fingerprint density at radius 2 is 2.00 bits per heavy atom. The second-order valence-corrected chi connectivity index (χ2v) is 9.03. The summed E-state index contributed by atoms with van der Waals surface area (Å²) in [7, 11) is 0. The van der Waals surface area contributed by atoms with E-state index < -0.39 is 5.60 Å². The summed E-state index contributed by atoms with van der Waals surface area (Å²) in [4.78, 5) is 2.56. The normalized spacial score (nSPS) is 37.9. The highest BCUT2D eigenvalue weighted by Gasteiger charge is 2.62. The third kappa shape index (κ3) is 2.31. The van der Waals surface area contributed by atoms with E-state index in [1.165, 1.54) is 18.4 Å². The molecule has 2 bridgehead atoms. The predicted molar refractivity (Wildman–Crippen MR) is 98.3 cm³/mol. The van der Waals surface area contributed by atoms with Gasteiger partial charge in [-0.25, -0.2) is 0 Å². The predicted octanol–water partition coefficient (Wildman–Crippen LogP) is 2.44. The molecule has 4 aliphatic rings. The van der Waals surface area contributed by atoms with Crippen molar-refractivity contribution < 1.29 is 10.2 Å². The molecule has 2 heterocycles. The molecule has 0 unspecified atom stereocenters. The molecule has 0 amide bonds. The molecular weight excluding hydrogens is 336 g/mol. The number of aliphatic hydroxyl groups is 1. The fraction of sp³-hybridized carbons (Fsp3) is 0.700. The van der Waals surface area contributed by atoms with Crippen molar-refractivity contribution in [2.75, 3.05) is 26.2 Å². The van der Waals surface area contributed by atoms with Gasteiger partial charge in [0.25, 0.3) is 0 Å². The van der Waals surface area contributed by atoms with Crippen LogP contribution in [-0.2, 0) is 11.8 Å². The Morgan fingerprint density at radius 1 is 1.20 bits per heavy atom. The van der Waals surface area contributed by atoms with Crippen molar-refractivity contribution in [2.45, 2.75) is 55.6 Å². The average Bonchev–Trinajstić information content (AvgIpc) is 3.39. The number of hydrogen-bond acceptors (Lipinski definition) is 4. The van der Waals surface area contributed by atoms with Crippen molar-refractivity contribution in [1.29, 1.82) is 0 Å². The summed E-state index contributed by atoms with van der Waals surface area (Å²) in [5.74, 6) is 0.970. The van der Waals surface area contributed by atoms with E-state index in [4.69, 9.17) is 11.6 Å². The topological polar surface area (TPSA) is 55.7 Å². The smallest absolute Gasteiger partial charge is 0.134 e. The number of phenolic OH excluding ortho intramolecular Hbond substituents is 1. The number of nitrogens with one attached hydrogen (secondary N) is 1. The molecule has 1 saturated carbocycles. The largest absolute Gasteiger partial charge is 0.506 e. The molecule has 5 rings (SSSR count). The molecule has 5 heteroatoms. The van der Waals surface area contributed by atoms with Gasteiger partial charge in [0.15, 0.2) is 0 Å². The van der Waals surface area contributed by atoms with E-state index in [2.05, 4.69) is 10.2 Å². The zero-order valence-corrected chi connectivity index (χ0v) is 15.4. The highest BCUT2D eigenvalue weighted by atomic mass is 35.5. The Hall–Kier alpha value is -0.810. The summed E-state index contributed by atoms with van der Waals surface area (Å²) < 4.78 is 0. The van der Waals surface area contributed by atoms with Gasteiger partial charge in [-0.15, -0.1) is 0 Å². The van der Waals surface area contributed by atoms with Gasteiger partial charge in [0, 0.05) is 18.0 Å². The number of phenols is 1. The maximum atomic E-state index is 12.1. The number of fused-ring (bicyclic) bond motifs is 1. The van der Waals surface area contributed by atoms with Crippen LogP contribution < -0.4 is 5.32 Å². The summed E-state index contributed by atoms with van der Waals surface area (Å²) in [6.07, 6.45) is 6.17. The Balaban J connectivity index is 1.66. The fourth-order valence-electron chi connectivity index (χ4n) is 5.86. The Labute approximate surface area is 154 Å². The van der Waals surface area contributed by atoms with Crippen molar-refractivity contribution in [3.05, 3.63) is 28.3 Å². The fourth-order valence-corrected chi connectivity index (χ4v) is 6.04. The second-order valence-electron chi connectivity index (χ2n) is 8.63. The summed E-state index contributed by atoms with van der Waals surface area (Å²) in [6.45, 7) is 3.95. The Kier molecular flexibility index (Phi) is 3.66. The van der Waals surface area contributed by atoms with Crippen LogP contribution >= 0.6 is 11.6 Å². The van der Waals surface area contributed by atoms with Crippen molar-refractivity contribution in [3.63, 3.8) is 0 Å². The van der Waals surface area contributed by atoms with Crippen molar-refractivity contribution in [1.82, 2.24) is 10.2 Å². The number of rotatable bonds is 2. The van der Waals surface area contributed by atoms with E-state index in [1.54, 1.807) is 0 Å². The first-order valence-electron chi connectivity index (χ1n) is 9.72. The van der Waals surface area contributed by atoms with Crippen LogP contribution in [0.1, 0.15) is 43.2 Å². The summed E-state index contributed by atoms with van der Waals surface area (Å²) in [5, 5.41) is 26.2. The van der Waals surface area contributed by atoms with Gasteiger partial charge in [-0.05, 0) is 87.3 Å². The van der Waals surface area contributed by atoms with Crippen LogP contribution in [0.5, 0.6) is 5.75 Å². The van der Waals surface area contributed by atoms with Crippen LogP contribution in [0.2, 0.25) is 5.02 Å². The van der Waals surface area contributed by atoms with E-state index in [-0.39, 0.29) is 17.2 Å². The molecule has 0 spiro atoms. The van der Waals surface area contributed by atoms with Gasteiger partial charge in [0.05, 0.1) is 10.6 Å². The molecule has 3 atom stereocenters. The second kappa shape index (κ2) is 5.59. The lowest BCUT2D eigenvalue weighted by atomic mass is 9.52. The standard InChI is InChI=1S/C20H27ClN2O2/c21-16-9-14-10-18-20(25)4-7-22-6-3-19(20,15(14)11-17(16)24)5-8-23(18)12-13-1-2-13/h9,11,13,18,22,24-25H,1-8,10,12H2/t18-,19+,20-/m1/s1. The van der Waals surface area contributed by atoms with E-state index in [9.17, 15) is 10.2 Å². The minimum atomic E-state index is -0.725. The molecule has 4 nitrogen and oxygen atoms in total. The molecule has 3 N–H and O–H groups in total. The lowest BCUT2D eigenvalue weighted by Gasteiger charge is -2.61. The van der Waals surface area contributed by atoms with Gasteiger partial charge >= 0.3 is 0 Å². The molecule has 25 heavy (non-hydrogen) atoms. The molecule has 2 aliphatic heterocycles. The Morgan fingerprint density at radius 3 is 2.80 bits per heavy atom. The molecular formula is C20H27ClN2O2. The lowest BCUT2D eigenvalue weighted by Crippen LogP contribution is -2.71. The summed E-state index contributed by atoms with van der Waals surface area (Å²) >= 11 is 6.23. The van der Waals surface area contributed by atoms with Crippen LogP contribution in [0, 0.1) is 5.92 Å². The monoisotopic (exact) mass is 362 g/mol. The number of aromatic hydroxyl groups is 1. The maximum absolute atomic E-state index is 12.1. The van der Waals surface area contributed by atoms with Crippen LogP contribution in [0.25, 0.3) is 0 Å². The number of hydrogen-bond donors (Lipinski definition) is 3. The van der Waals surface area contributed by atoms with Gasteiger partial charge in [-0.2, -0.15) is 0 Å². The molecule has 3 fully saturated rings. The van der Waals surface area contributed by atoms with Gasteiger partial charge < -0.3 is 15.5 Å². The van der Waals surface area contributed by atoms with Crippen molar-refractivity contribution >= 4 is 11.6 Å². The summed E-state index contributed by atoms with van der Waals surface area (Å²) in [5.41, 5.74) is 1.37. The molecule has 2 saturated heterocycles. The van der Waals surface area contributed by atoms with Crippen LogP contribution in [0.15, 0.2) is 12.1 Å². The number of likely N-dealkylation sites (tertiary alicyclic amines) is 1. The third-order valence-electron chi connectivity index (χ3n) is 7.35. The highest BCUT2D eigenvalue weighted by molar-refractivity contribution is 6.32. The zero-order valence-electron chi connectivity index (χ0n) is 14.6. The first-order valence-corrected chi connectivity index (χ1v) is 10.1. The first kappa shape index (κ1) is 16.4. The lowest BCUT2D eigenvalue weighted by molar-refractivity contribution is -0.148. The van der Waals surface area contributed by atoms with E-state index in [0.29, 0.717) is 5.02 Å². The van der Waals surface area contributed by atoms with Crippen LogP contribution in [0.4, 0.5) is 0 Å². The van der Waals surface area contributed by atoms with Gasteiger partial charge in [-0.1, -0.05) is 11.6 Å². The maximum Gasteiger partial charge on any atom is 0.134 e. The molecule has 1 aromatic rings. The number of nitrogens with zero attached hydrogens (tertiary/aromatic N) is 1. The molecule has 0 radical (unpaired) electrons. The molecule has 136 valence electrons. The van der Waals surface area contributed by atoms with Crippen LogP contribution in [-0.4, -0.2) is 52.9 Å². The van der Waals surface area contributed by atoms with Gasteiger partial charge in [0.1, 0.15) is 5.75 Å². The summed E-state index contributed by atoms with van der Waals surface area (Å²) in [6, 6.07) is 3.95. The van der Waals surface area contributed by atoms with Gasteiger partial charge in [0.2, 0.25) is 0 Å². The number of halogens is 1. The van der Waals surface area contributed by atoms with Crippen LogP contribution in [0.3, 0.4) is 0 Å². The highest BCUT2D eigenvalue weighted by Crippen LogP contribution is 2.56. The minimum absolute atomic E-state index is 0.146. The van der Waals surface area contributed by atoms with E-state index >= 15 is 0 Å². The first-order chi connectivity index (χ1) is 12.0.